The average molecular weight is 238 g/mol. The average Bonchev–Trinajstić information content (AvgIpc) is 2.75. The molecule has 1 unspecified atom stereocenters. The van der Waals surface area contributed by atoms with E-state index in [1.54, 1.807) is 25.1 Å². The lowest BCUT2D eigenvalue weighted by atomic mass is 9.95. The quantitative estimate of drug-likeness (QED) is 0.865. The Hall–Kier alpha value is -1.75. The van der Waals surface area contributed by atoms with Crippen LogP contribution >= 0.6 is 0 Å². The molecule has 0 spiro atoms. The lowest BCUT2D eigenvalue weighted by Crippen LogP contribution is -2.35. The van der Waals surface area contributed by atoms with Gasteiger partial charge in [0.2, 0.25) is 6.79 Å². The summed E-state index contributed by atoms with van der Waals surface area (Å²) in [7, 11) is 0. The lowest BCUT2D eigenvalue weighted by Gasteiger charge is -2.25. The molecule has 0 fully saturated rings. The second-order valence-corrected chi connectivity index (χ2v) is 3.84. The van der Waals surface area contributed by atoms with Gasteiger partial charge in [-0.05, 0) is 31.5 Å². The van der Waals surface area contributed by atoms with Crippen molar-refractivity contribution in [2.24, 2.45) is 0 Å². The van der Waals surface area contributed by atoms with Crippen molar-refractivity contribution in [2.45, 2.75) is 19.4 Å². The number of aliphatic carboxylic acids is 1. The minimum atomic E-state index is -1.37. The van der Waals surface area contributed by atoms with Gasteiger partial charge in [-0.15, -0.1) is 0 Å². The SMILES string of the molecule is CCOC(C)(C(=O)O)c1ccc2c(c1)OCO2. The van der Waals surface area contributed by atoms with Gasteiger partial charge in [0.25, 0.3) is 0 Å². The molecule has 0 saturated heterocycles. The molecule has 0 bridgehead atoms. The summed E-state index contributed by atoms with van der Waals surface area (Å²) in [5.41, 5.74) is -0.827. The van der Waals surface area contributed by atoms with E-state index in [2.05, 4.69) is 0 Å². The van der Waals surface area contributed by atoms with Crippen LogP contribution in [-0.2, 0) is 15.1 Å². The predicted octanol–water partition coefficient (Wildman–Crippen LogP) is 1.75. The van der Waals surface area contributed by atoms with Crippen molar-refractivity contribution >= 4 is 5.97 Å². The maximum Gasteiger partial charge on any atom is 0.340 e. The monoisotopic (exact) mass is 238 g/mol. The van der Waals surface area contributed by atoms with Gasteiger partial charge in [0.05, 0.1) is 0 Å². The van der Waals surface area contributed by atoms with Crippen LogP contribution in [0, 0.1) is 0 Å². The van der Waals surface area contributed by atoms with E-state index < -0.39 is 11.6 Å². The van der Waals surface area contributed by atoms with Crippen molar-refractivity contribution in [2.75, 3.05) is 13.4 Å². The van der Waals surface area contributed by atoms with Gasteiger partial charge in [0.15, 0.2) is 17.1 Å². The van der Waals surface area contributed by atoms with Gasteiger partial charge >= 0.3 is 5.97 Å². The van der Waals surface area contributed by atoms with Gasteiger partial charge in [-0.1, -0.05) is 6.07 Å². The maximum absolute atomic E-state index is 11.3. The van der Waals surface area contributed by atoms with E-state index in [4.69, 9.17) is 14.2 Å². The highest BCUT2D eigenvalue weighted by Crippen LogP contribution is 2.37. The van der Waals surface area contributed by atoms with Crippen molar-refractivity contribution in [3.05, 3.63) is 23.8 Å². The molecule has 0 amide bonds. The Balaban J connectivity index is 2.40. The zero-order valence-electron chi connectivity index (χ0n) is 9.73. The molecule has 1 aliphatic rings. The molecular formula is C12H14O5. The van der Waals surface area contributed by atoms with Gasteiger partial charge in [-0.3, -0.25) is 0 Å². The van der Waals surface area contributed by atoms with E-state index in [1.807, 2.05) is 0 Å². The molecule has 1 N–H and O–H groups in total. The Morgan fingerprint density at radius 1 is 1.47 bits per heavy atom. The van der Waals surface area contributed by atoms with Gasteiger partial charge in [0, 0.05) is 6.61 Å². The third-order valence-corrected chi connectivity index (χ3v) is 2.76. The molecule has 5 nitrogen and oxygen atoms in total. The lowest BCUT2D eigenvalue weighted by molar-refractivity contribution is -0.164. The second kappa shape index (κ2) is 4.25. The zero-order valence-corrected chi connectivity index (χ0v) is 9.73. The first-order valence-corrected chi connectivity index (χ1v) is 5.35. The van der Waals surface area contributed by atoms with E-state index in [1.165, 1.54) is 6.92 Å². The van der Waals surface area contributed by atoms with Gasteiger partial charge in [-0.2, -0.15) is 0 Å². The normalized spacial score (nSPS) is 16.6. The molecule has 0 aromatic heterocycles. The Morgan fingerprint density at radius 2 is 2.18 bits per heavy atom. The van der Waals surface area contributed by atoms with Crippen molar-refractivity contribution in [1.29, 1.82) is 0 Å². The summed E-state index contributed by atoms with van der Waals surface area (Å²) in [5, 5.41) is 9.27. The first-order chi connectivity index (χ1) is 8.08. The van der Waals surface area contributed by atoms with Crippen LogP contribution in [-0.4, -0.2) is 24.5 Å². The van der Waals surface area contributed by atoms with Crippen LogP contribution in [0.1, 0.15) is 19.4 Å². The predicted molar refractivity (Wildman–Crippen MR) is 59.2 cm³/mol. The fourth-order valence-electron chi connectivity index (χ4n) is 1.75. The number of ether oxygens (including phenoxy) is 3. The smallest absolute Gasteiger partial charge is 0.340 e. The minimum Gasteiger partial charge on any atom is -0.479 e. The number of hydrogen-bond donors (Lipinski definition) is 1. The number of hydrogen-bond acceptors (Lipinski definition) is 4. The number of benzene rings is 1. The number of carboxylic acid groups (broad SMARTS) is 1. The summed E-state index contributed by atoms with van der Waals surface area (Å²) < 4.78 is 15.7. The maximum atomic E-state index is 11.3. The Labute approximate surface area is 98.9 Å². The molecule has 2 rings (SSSR count). The van der Waals surface area contributed by atoms with Crippen LogP contribution in [0.2, 0.25) is 0 Å². The number of carbonyl (C=O) groups is 1. The van der Waals surface area contributed by atoms with Crippen molar-refractivity contribution in [3.63, 3.8) is 0 Å². The van der Waals surface area contributed by atoms with Crippen molar-refractivity contribution in [1.82, 2.24) is 0 Å². The molecule has 0 radical (unpaired) electrons. The summed E-state index contributed by atoms with van der Waals surface area (Å²) in [6.45, 7) is 3.76. The van der Waals surface area contributed by atoms with E-state index >= 15 is 0 Å². The number of carboxylic acids is 1. The molecule has 17 heavy (non-hydrogen) atoms. The Morgan fingerprint density at radius 3 is 2.82 bits per heavy atom. The van der Waals surface area contributed by atoms with Crippen LogP contribution in [0.15, 0.2) is 18.2 Å². The van der Waals surface area contributed by atoms with Gasteiger partial charge in [-0.25, -0.2) is 4.79 Å². The first kappa shape index (κ1) is 11.7. The highest BCUT2D eigenvalue weighted by Gasteiger charge is 2.37. The molecule has 0 aliphatic carbocycles. The first-order valence-electron chi connectivity index (χ1n) is 5.35. The fraction of sp³-hybridized carbons (Fsp3) is 0.417. The van der Waals surface area contributed by atoms with Crippen LogP contribution in [0.25, 0.3) is 0 Å². The van der Waals surface area contributed by atoms with Crippen molar-refractivity contribution < 1.29 is 24.1 Å². The largest absolute Gasteiger partial charge is 0.479 e. The molecule has 1 heterocycles. The zero-order chi connectivity index (χ0) is 12.5. The summed E-state index contributed by atoms with van der Waals surface area (Å²) >= 11 is 0. The van der Waals surface area contributed by atoms with Crippen molar-refractivity contribution in [3.8, 4) is 11.5 Å². The van der Waals surface area contributed by atoms with Crippen LogP contribution in [0.4, 0.5) is 0 Å². The third-order valence-electron chi connectivity index (χ3n) is 2.76. The second-order valence-electron chi connectivity index (χ2n) is 3.84. The molecule has 1 atom stereocenters. The molecule has 0 saturated carbocycles. The van der Waals surface area contributed by atoms with E-state index in [-0.39, 0.29) is 6.79 Å². The number of fused-ring (bicyclic) bond motifs is 1. The summed E-state index contributed by atoms with van der Waals surface area (Å²) in [6, 6.07) is 5.02. The van der Waals surface area contributed by atoms with E-state index in [0.29, 0.717) is 23.7 Å². The van der Waals surface area contributed by atoms with E-state index in [9.17, 15) is 9.90 Å². The topological polar surface area (TPSA) is 65.0 Å². The highest BCUT2D eigenvalue weighted by molar-refractivity contribution is 5.79. The summed E-state index contributed by atoms with van der Waals surface area (Å²) in [4.78, 5) is 11.3. The standard InChI is InChI=1S/C12H14O5/c1-3-17-12(2,11(13)14)8-4-5-9-10(6-8)16-7-15-9/h4-6H,3,7H2,1-2H3,(H,13,14). The molecule has 1 aromatic rings. The van der Waals surface area contributed by atoms with Crippen LogP contribution < -0.4 is 9.47 Å². The molecule has 1 aromatic carbocycles. The minimum absolute atomic E-state index is 0.164. The third kappa shape index (κ3) is 1.93. The molecule has 92 valence electrons. The van der Waals surface area contributed by atoms with E-state index in [0.717, 1.165) is 0 Å². The molecule has 1 aliphatic heterocycles. The summed E-state index contributed by atoms with van der Waals surface area (Å²) in [5.74, 6) is 0.144. The van der Waals surface area contributed by atoms with Gasteiger partial charge in [0.1, 0.15) is 0 Å². The Bertz CT molecular complexity index is 443. The van der Waals surface area contributed by atoms with Crippen LogP contribution in [0.3, 0.4) is 0 Å². The van der Waals surface area contributed by atoms with Crippen LogP contribution in [0.5, 0.6) is 11.5 Å². The Kier molecular flexibility index (Phi) is 2.93. The highest BCUT2D eigenvalue weighted by atomic mass is 16.7. The fourth-order valence-corrected chi connectivity index (χ4v) is 1.75. The van der Waals surface area contributed by atoms with Gasteiger partial charge < -0.3 is 19.3 Å². The number of rotatable bonds is 4. The molecular weight excluding hydrogens is 224 g/mol. The summed E-state index contributed by atoms with van der Waals surface area (Å²) in [6.07, 6.45) is 0. The molecule has 5 heteroatoms.